The molecule has 114 valence electrons. The summed E-state index contributed by atoms with van der Waals surface area (Å²) < 4.78 is 4.89. The van der Waals surface area contributed by atoms with Gasteiger partial charge in [-0.05, 0) is 18.6 Å². The molecule has 0 spiro atoms. The highest BCUT2D eigenvalue weighted by atomic mass is 16.5. The quantitative estimate of drug-likeness (QED) is 0.661. The fourth-order valence-electron chi connectivity index (χ4n) is 1.50. The van der Waals surface area contributed by atoms with E-state index < -0.39 is 17.8 Å². The first-order chi connectivity index (χ1) is 9.93. The van der Waals surface area contributed by atoms with Gasteiger partial charge in [0.05, 0.1) is 13.0 Å². The summed E-state index contributed by atoms with van der Waals surface area (Å²) in [7, 11) is 0. The van der Waals surface area contributed by atoms with E-state index in [-0.39, 0.29) is 36.4 Å². The standard InChI is InChI=1S/C14H17NO6/c1-2-7-21-14(20)10-4-3-9(8-11(10)16)15-12(17)5-6-13(18)19/h3-4,8,16H,2,5-7H2,1H3,(H,15,17)(H,18,19). The molecule has 0 fully saturated rings. The van der Waals surface area contributed by atoms with Gasteiger partial charge < -0.3 is 20.3 Å². The summed E-state index contributed by atoms with van der Waals surface area (Å²) in [4.78, 5) is 33.4. The zero-order chi connectivity index (χ0) is 15.8. The average Bonchev–Trinajstić information content (AvgIpc) is 2.42. The lowest BCUT2D eigenvalue weighted by Crippen LogP contribution is -2.13. The summed E-state index contributed by atoms with van der Waals surface area (Å²) in [5.74, 6) is -2.51. The highest BCUT2D eigenvalue weighted by Crippen LogP contribution is 2.23. The lowest BCUT2D eigenvalue weighted by atomic mass is 10.1. The van der Waals surface area contributed by atoms with E-state index in [9.17, 15) is 19.5 Å². The normalized spacial score (nSPS) is 9.95. The number of carbonyl (C=O) groups excluding carboxylic acids is 2. The van der Waals surface area contributed by atoms with Crippen molar-refractivity contribution in [2.24, 2.45) is 0 Å². The summed E-state index contributed by atoms with van der Waals surface area (Å²) in [6.45, 7) is 2.11. The molecule has 7 nitrogen and oxygen atoms in total. The fourth-order valence-corrected chi connectivity index (χ4v) is 1.50. The number of carboxylic acids is 1. The van der Waals surface area contributed by atoms with Gasteiger partial charge in [-0.3, -0.25) is 9.59 Å². The molecule has 1 rings (SSSR count). The number of benzene rings is 1. The minimum atomic E-state index is -1.07. The zero-order valence-electron chi connectivity index (χ0n) is 11.6. The van der Waals surface area contributed by atoms with Crippen LogP contribution in [0.2, 0.25) is 0 Å². The third-order valence-electron chi connectivity index (χ3n) is 2.50. The minimum absolute atomic E-state index is 0.00647. The van der Waals surface area contributed by atoms with Crippen LogP contribution in [0.1, 0.15) is 36.5 Å². The molecule has 0 bridgehead atoms. The number of amides is 1. The number of carboxylic acid groups (broad SMARTS) is 1. The van der Waals surface area contributed by atoms with Crippen LogP contribution in [0.4, 0.5) is 5.69 Å². The summed E-state index contributed by atoms with van der Waals surface area (Å²) in [6.07, 6.45) is 0.222. The molecule has 0 aromatic heterocycles. The monoisotopic (exact) mass is 295 g/mol. The zero-order valence-corrected chi connectivity index (χ0v) is 11.6. The maximum Gasteiger partial charge on any atom is 0.341 e. The molecule has 0 unspecified atom stereocenters. The second-order valence-corrected chi connectivity index (χ2v) is 4.31. The van der Waals surface area contributed by atoms with Gasteiger partial charge in [-0.15, -0.1) is 0 Å². The van der Waals surface area contributed by atoms with Crippen molar-refractivity contribution in [3.8, 4) is 5.75 Å². The Kier molecular flexibility index (Phi) is 6.19. The van der Waals surface area contributed by atoms with E-state index in [4.69, 9.17) is 9.84 Å². The van der Waals surface area contributed by atoms with Crippen LogP contribution >= 0.6 is 0 Å². The Morgan fingerprint density at radius 2 is 1.95 bits per heavy atom. The molecular formula is C14H17NO6. The molecule has 7 heteroatoms. The Morgan fingerprint density at radius 3 is 2.52 bits per heavy atom. The Balaban J connectivity index is 2.67. The predicted molar refractivity (Wildman–Crippen MR) is 74.2 cm³/mol. The molecule has 1 amide bonds. The highest BCUT2D eigenvalue weighted by molar-refractivity contribution is 5.95. The summed E-state index contributed by atoms with van der Waals surface area (Å²) in [6, 6.07) is 3.97. The second-order valence-electron chi connectivity index (χ2n) is 4.31. The lowest BCUT2D eigenvalue weighted by Gasteiger charge is -2.08. The average molecular weight is 295 g/mol. The molecule has 0 radical (unpaired) electrons. The first kappa shape index (κ1) is 16.5. The van der Waals surface area contributed by atoms with E-state index in [1.54, 1.807) is 0 Å². The number of ether oxygens (including phenoxy) is 1. The molecule has 3 N–H and O–H groups in total. The van der Waals surface area contributed by atoms with Gasteiger partial charge in [0, 0.05) is 18.2 Å². The Hall–Kier alpha value is -2.57. The SMILES string of the molecule is CCCOC(=O)c1ccc(NC(=O)CCC(=O)O)cc1O. The molecule has 0 atom stereocenters. The lowest BCUT2D eigenvalue weighted by molar-refractivity contribution is -0.138. The van der Waals surface area contributed by atoms with Gasteiger partial charge in [-0.2, -0.15) is 0 Å². The van der Waals surface area contributed by atoms with Crippen molar-refractivity contribution < 1.29 is 29.3 Å². The van der Waals surface area contributed by atoms with E-state index in [2.05, 4.69) is 5.32 Å². The van der Waals surface area contributed by atoms with Crippen LogP contribution < -0.4 is 5.32 Å². The molecule has 0 aliphatic rings. The minimum Gasteiger partial charge on any atom is -0.507 e. The highest BCUT2D eigenvalue weighted by Gasteiger charge is 2.14. The number of hydrogen-bond acceptors (Lipinski definition) is 5. The number of phenolic OH excluding ortho intramolecular Hbond substituents is 1. The third kappa shape index (κ3) is 5.52. The Bertz CT molecular complexity index is 540. The van der Waals surface area contributed by atoms with E-state index in [0.717, 1.165) is 0 Å². The van der Waals surface area contributed by atoms with E-state index in [1.165, 1.54) is 18.2 Å². The van der Waals surface area contributed by atoms with Crippen LogP contribution in [0.5, 0.6) is 5.75 Å². The Labute approximate surface area is 121 Å². The Morgan fingerprint density at radius 1 is 1.24 bits per heavy atom. The van der Waals surface area contributed by atoms with Crippen LogP contribution in [0, 0.1) is 0 Å². The van der Waals surface area contributed by atoms with Gasteiger partial charge in [0.1, 0.15) is 11.3 Å². The number of anilines is 1. The van der Waals surface area contributed by atoms with Gasteiger partial charge in [0.25, 0.3) is 0 Å². The van der Waals surface area contributed by atoms with Gasteiger partial charge in [-0.25, -0.2) is 4.79 Å². The fraction of sp³-hybridized carbons (Fsp3) is 0.357. The largest absolute Gasteiger partial charge is 0.507 e. The smallest absolute Gasteiger partial charge is 0.341 e. The summed E-state index contributed by atoms with van der Waals surface area (Å²) >= 11 is 0. The molecule has 0 saturated heterocycles. The van der Waals surface area contributed by atoms with E-state index in [0.29, 0.717) is 6.42 Å². The summed E-state index contributed by atoms with van der Waals surface area (Å²) in [5.41, 5.74) is 0.280. The first-order valence-corrected chi connectivity index (χ1v) is 6.45. The topological polar surface area (TPSA) is 113 Å². The number of carbonyl (C=O) groups is 3. The number of aromatic hydroxyl groups is 1. The van der Waals surface area contributed by atoms with Gasteiger partial charge in [0.2, 0.25) is 5.91 Å². The maximum absolute atomic E-state index is 11.6. The molecule has 0 aliphatic carbocycles. The van der Waals surface area contributed by atoms with Crippen LogP contribution in [-0.4, -0.2) is 34.7 Å². The number of phenols is 1. The number of aliphatic carboxylic acids is 1. The number of esters is 1. The second kappa shape index (κ2) is 7.88. The van der Waals surface area contributed by atoms with Gasteiger partial charge in [-0.1, -0.05) is 6.92 Å². The van der Waals surface area contributed by atoms with Crippen molar-refractivity contribution in [1.82, 2.24) is 0 Å². The van der Waals surface area contributed by atoms with E-state index >= 15 is 0 Å². The molecule has 0 aliphatic heterocycles. The van der Waals surface area contributed by atoms with Gasteiger partial charge in [0.15, 0.2) is 0 Å². The van der Waals surface area contributed by atoms with Crippen molar-refractivity contribution in [2.75, 3.05) is 11.9 Å². The van der Waals surface area contributed by atoms with Crippen LogP contribution in [0.15, 0.2) is 18.2 Å². The predicted octanol–water partition coefficient (Wildman–Crippen LogP) is 1.76. The van der Waals surface area contributed by atoms with Crippen LogP contribution in [0.3, 0.4) is 0 Å². The van der Waals surface area contributed by atoms with E-state index in [1.807, 2.05) is 6.92 Å². The summed E-state index contributed by atoms with van der Waals surface area (Å²) in [5, 5.41) is 20.6. The molecule has 0 saturated carbocycles. The van der Waals surface area contributed by atoms with Crippen molar-refractivity contribution in [1.29, 1.82) is 0 Å². The molecule has 1 aromatic carbocycles. The van der Waals surface area contributed by atoms with Crippen molar-refractivity contribution in [2.45, 2.75) is 26.2 Å². The molecule has 0 heterocycles. The third-order valence-corrected chi connectivity index (χ3v) is 2.50. The van der Waals surface area contributed by atoms with Crippen LogP contribution in [0.25, 0.3) is 0 Å². The maximum atomic E-state index is 11.6. The molecule has 21 heavy (non-hydrogen) atoms. The van der Waals surface area contributed by atoms with Crippen molar-refractivity contribution >= 4 is 23.5 Å². The first-order valence-electron chi connectivity index (χ1n) is 6.45. The molecular weight excluding hydrogens is 278 g/mol. The number of hydrogen-bond donors (Lipinski definition) is 3. The van der Waals surface area contributed by atoms with Crippen molar-refractivity contribution in [3.63, 3.8) is 0 Å². The number of rotatable bonds is 7. The number of nitrogens with one attached hydrogen (secondary N) is 1. The van der Waals surface area contributed by atoms with Crippen LogP contribution in [-0.2, 0) is 14.3 Å². The van der Waals surface area contributed by atoms with Gasteiger partial charge >= 0.3 is 11.9 Å². The van der Waals surface area contributed by atoms with Crippen molar-refractivity contribution in [3.05, 3.63) is 23.8 Å². The molecule has 1 aromatic rings.